The lowest BCUT2D eigenvalue weighted by molar-refractivity contribution is -0.00815. The Hall–Kier alpha value is -0.860. The summed E-state index contributed by atoms with van der Waals surface area (Å²) < 4.78 is 0. The largest absolute Gasteiger partial charge is 0.385 e. The lowest BCUT2D eigenvalue weighted by Crippen LogP contribution is -2.39. The van der Waals surface area contributed by atoms with Crippen LogP contribution in [0.25, 0.3) is 0 Å². The minimum atomic E-state index is -0.599. The van der Waals surface area contributed by atoms with E-state index >= 15 is 0 Å². The maximum atomic E-state index is 10.8. The van der Waals surface area contributed by atoms with E-state index in [2.05, 4.69) is 43.4 Å². The minimum Gasteiger partial charge on any atom is -0.385 e. The highest BCUT2D eigenvalue weighted by molar-refractivity contribution is 5.27. The van der Waals surface area contributed by atoms with Crippen LogP contribution in [0.2, 0.25) is 0 Å². The molecule has 1 saturated carbocycles. The van der Waals surface area contributed by atoms with Gasteiger partial charge in [0.1, 0.15) is 0 Å². The van der Waals surface area contributed by atoms with Crippen LogP contribution in [-0.2, 0) is 12.0 Å². The van der Waals surface area contributed by atoms with Crippen LogP contribution in [0.4, 0.5) is 0 Å². The van der Waals surface area contributed by atoms with Gasteiger partial charge in [0, 0.05) is 6.04 Å². The number of aryl methyl sites for hydroxylation is 1. The Morgan fingerprint density at radius 2 is 1.78 bits per heavy atom. The van der Waals surface area contributed by atoms with Crippen LogP contribution in [0.5, 0.6) is 0 Å². The summed E-state index contributed by atoms with van der Waals surface area (Å²) in [6, 6.07) is 9.08. The molecule has 0 unspecified atom stereocenters. The molecule has 1 aromatic rings. The quantitative estimate of drug-likeness (QED) is 0.857. The first-order chi connectivity index (χ1) is 8.68. The summed E-state index contributed by atoms with van der Waals surface area (Å²) in [4.78, 5) is 0. The number of nitrogens with one attached hydrogen (secondary N) is 1. The van der Waals surface area contributed by atoms with Crippen molar-refractivity contribution in [2.45, 2.75) is 57.6 Å². The van der Waals surface area contributed by atoms with E-state index in [0.717, 1.165) is 44.2 Å². The molecule has 0 spiro atoms. The second-order valence-electron chi connectivity index (χ2n) is 5.41. The van der Waals surface area contributed by atoms with Gasteiger partial charge in [-0.15, -0.1) is 0 Å². The lowest BCUT2D eigenvalue weighted by atomic mass is 9.77. The summed E-state index contributed by atoms with van der Waals surface area (Å²) in [6.07, 6.45) is 4.94. The summed E-state index contributed by atoms with van der Waals surface area (Å²) in [5.41, 5.74) is 1.83. The summed E-state index contributed by atoms with van der Waals surface area (Å²) in [5.74, 6) is 0. The normalized spacial score (nSPS) is 28.3. The van der Waals surface area contributed by atoms with Gasteiger partial charge in [0.25, 0.3) is 0 Å². The van der Waals surface area contributed by atoms with Crippen molar-refractivity contribution >= 4 is 0 Å². The van der Waals surface area contributed by atoms with Gasteiger partial charge in [0.2, 0.25) is 0 Å². The van der Waals surface area contributed by atoms with Crippen molar-refractivity contribution < 1.29 is 5.11 Å². The molecule has 100 valence electrons. The summed E-state index contributed by atoms with van der Waals surface area (Å²) >= 11 is 0. The van der Waals surface area contributed by atoms with Crippen LogP contribution in [0.1, 0.15) is 50.7 Å². The van der Waals surface area contributed by atoms with Gasteiger partial charge in [-0.2, -0.15) is 0 Å². The molecule has 1 aromatic carbocycles. The molecule has 0 radical (unpaired) electrons. The Morgan fingerprint density at radius 1 is 1.17 bits per heavy atom. The van der Waals surface area contributed by atoms with Crippen LogP contribution >= 0.6 is 0 Å². The van der Waals surface area contributed by atoms with Crippen LogP contribution in [0.3, 0.4) is 0 Å². The van der Waals surface area contributed by atoms with Gasteiger partial charge >= 0.3 is 0 Å². The second-order valence-corrected chi connectivity index (χ2v) is 5.41. The highest BCUT2D eigenvalue weighted by Gasteiger charge is 2.34. The fourth-order valence-corrected chi connectivity index (χ4v) is 2.93. The zero-order valence-electron chi connectivity index (χ0n) is 11.6. The molecule has 2 heteroatoms. The lowest BCUT2D eigenvalue weighted by Gasteiger charge is -2.36. The molecule has 2 rings (SSSR count). The van der Waals surface area contributed by atoms with Crippen LogP contribution in [0, 0.1) is 0 Å². The van der Waals surface area contributed by atoms with Gasteiger partial charge < -0.3 is 10.4 Å². The maximum Gasteiger partial charge on any atom is 0.0897 e. The monoisotopic (exact) mass is 247 g/mol. The molecule has 0 aliphatic heterocycles. The third-order valence-corrected chi connectivity index (χ3v) is 4.21. The average molecular weight is 247 g/mol. The first kappa shape index (κ1) is 13.6. The van der Waals surface area contributed by atoms with E-state index in [0.29, 0.717) is 6.04 Å². The molecule has 0 atom stereocenters. The molecule has 0 amide bonds. The number of aliphatic hydroxyl groups is 1. The molecule has 1 fully saturated rings. The minimum absolute atomic E-state index is 0.588. The van der Waals surface area contributed by atoms with E-state index in [1.807, 2.05) is 0 Å². The highest BCUT2D eigenvalue weighted by atomic mass is 16.3. The third-order valence-electron chi connectivity index (χ3n) is 4.21. The summed E-state index contributed by atoms with van der Waals surface area (Å²) in [5, 5.41) is 14.2. The van der Waals surface area contributed by atoms with Crippen molar-refractivity contribution in [2.75, 3.05) is 6.54 Å². The van der Waals surface area contributed by atoms with Crippen LogP contribution in [0.15, 0.2) is 24.3 Å². The van der Waals surface area contributed by atoms with Crippen molar-refractivity contribution in [2.24, 2.45) is 0 Å². The average Bonchev–Trinajstić information content (AvgIpc) is 2.42. The Labute approximate surface area is 110 Å². The Bertz CT molecular complexity index is 363. The van der Waals surface area contributed by atoms with Crippen molar-refractivity contribution in [3.05, 3.63) is 35.4 Å². The van der Waals surface area contributed by atoms with Crippen molar-refractivity contribution in [1.29, 1.82) is 0 Å². The van der Waals surface area contributed by atoms with E-state index in [1.54, 1.807) is 0 Å². The fourth-order valence-electron chi connectivity index (χ4n) is 2.93. The molecule has 0 bridgehead atoms. The first-order valence-corrected chi connectivity index (χ1v) is 7.23. The zero-order chi connectivity index (χ0) is 13.0. The van der Waals surface area contributed by atoms with Crippen LogP contribution < -0.4 is 5.32 Å². The number of hydrogen-bond acceptors (Lipinski definition) is 2. The van der Waals surface area contributed by atoms with E-state index in [-0.39, 0.29) is 0 Å². The smallest absolute Gasteiger partial charge is 0.0897 e. The molecule has 2 nitrogen and oxygen atoms in total. The van der Waals surface area contributed by atoms with E-state index < -0.39 is 5.60 Å². The topological polar surface area (TPSA) is 32.3 Å². The second kappa shape index (κ2) is 5.85. The molecule has 1 aliphatic rings. The molecule has 0 saturated heterocycles. The van der Waals surface area contributed by atoms with Crippen molar-refractivity contribution in [3.63, 3.8) is 0 Å². The van der Waals surface area contributed by atoms with Gasteiger partial charge in [0.15, 0.2) is 0 Å². The highest BCUT2D eigenvalue weighted by Crippen LogP contribution is 2.37. The molecule has 1 aliphatic carbocycles. The number of hydrogen-bond donors (Lipinski definition) is 2. The molecular formula is C16H25NO. The Kier molecular flexibility index (Phi) is 4.41. The first-order valence-electron chi connectivity index (χ1n) is 7.23. The number of benzene rings is 1. The summed E-state index contributed by atoms with van der Waals surface area (Å²) in [7, 11) is 0. The Balaban J connectivity index is 2.03. The van der Waals surface area contributed by atoms with Crippen molar-refractivity contribution in [3.8, 4) is 0 Å². The van der Waals surface area contributed by atoms with Gasteiger partial charge in [-0.05, 0) is 49.8 Å². The number of rotatable bonds is 4. The van der Waals surface area contributed by atoms with E-state index in [1.165, 1.54) is 5.56 Å². The fraction of sp³-hybridized carbons (Fsp3) is 0.625. The summed E-state index contributed by atoms with van der Waals surface area (Å²) in [6.45, 7) is 5.32. The Morgan fingerprint density at radius 3 is 2.28 bits per heavy atom. The maximum absolute atomic E-state index is 10.8. The van der Waals surface area contributed by atoms with Crippen LogP contribution in [-0.4, -0.2) is 17.7 Å². The van der Waals surface area contributed by atoms with E-state index in [4.69, 9.17) is 0 Å². The molecule has 18 heavy (non-hydrogen) atoms. The molecular weight excluding hydrogens is 222 g/mol. The van der Waals surface area contributed by atoms with Gasteiger partial charge in [-0.3, -0.25) is 0 Å². The van der Waals surface area contributed by atoms with E-state index in [9.17, 15) is 5.11 Å². The standard InChI is InChI=1S/C16H25NO/c1-3-13-5-7-14(8-6-13)16(18)11-9-15(10-12-16)17-4-2/h5-8,15,17-18H,3-4,9-12H2,1-2H3. The molecule has 2 N–H and O–H groups in total. The molecule has 0 heterocycles. The molecule has 0 aromatic heterocycles. The van der Waals surface area contributed by atoms with Gasteiger partial charge in [0.05, 0.1) is 5.60 Å². The third kappa shape index (κ3) is 2.93. The zero-order valence-corrected chi connectivity index (χ0v) is 11.6. The van der Waals surface area contributed by atoms with Crippen molar-refractivity contribution in [1.82, 2.24) is 5.32 Å². The van der Waals surface area contributed by atoms with Gasteiger partial charge in [-0.1, -0.05) is 38.1 Å². The predicted octanol–water partition coefficient (Wildman–Crippen LogP) is 2.99. The van der Waals surface area contributed by atoms with Gasteiger partial charge in [-0.25, -0.2) is 0 Å². The predicted molar refractivity (Wildman–Crippen MR) is 75.6 cm³/mol. The SMILES string of the molecule is CCNC1CCC(O)(c2ccc(CC)cc2)CC1.